The van der Waals surface area contributed by atoms with E-state index in [9.17, 15) is 4.79 Å². The maximum atomic E-state index is 12.7. The number of aryl methyl sites for hydroxylation is 1. The molecule has 0 atom stereocenters. The summed E-state index contributed by atoms with van der Waals surface area (Å²) < 4.78 is 2.25. The van der Waals surface area contributed by atoms with Crippen molar-refractivity contribution in [1.82, 2.24) is 14.5 Å². The fraction of sp³-hybridized carbons (Fsp3) is 0.304. The summed E-state index contributed by atoms with van der Waals surface area (Å²) in [4.78, 5) is 19.3. The highest BCUT2D eigenvalue weighted by atomic mass is 16.2. The molecule has 0 aliphatic carbocycles. The smallest absolute Gasteiger partial charge is 0.253 e. The van der Waals surface area contributed by atoms with Gasteiger partial charge in [-0.15, -0.1) is 0 Å². The van der Waals surface area contributed by atoms with Gasteiger partial charge in [-0.3, -0.25) is 4.79 Å². The van der Waals surface area contributed by atoms with Crippen molar-refractivity contribution < 1.29 is 4.79 Å². The van der Waals surface area contributed by atoms with Gasteiger partial charge in [0.05, 0.1) is 0 Å². The number of benzene rings is 2. The molecular formula is C23H25N3O. The minimum atomic E-state index is 0.140. The highest BCUT2D eigenvalue weighted by molar-refractivity contribution is 5.94. The molecule has 0 saturated carbocycles. The molecule has 4 heteroatoms. The van der Waals surface area contributed by atoms with Crippen LogP contribution in [-0.2, 0) is 6.54 Å². The third-order valence-electron chi connectivity index (χ3n) is 5.39. The zero-order valence-corrected chi connectivity index (χ0v) is 15.7. The third kappa shape index (κ3) is 3.95. The van der Waals surface area contributed by atoms with Gasteiger partial charge in [0.2, 0.25) is 0 Å². The molecule has 0 bridgehead atoms. The Kier molecular flexibility index (Phi) is 5.05. The molecule has 0 radical (unpaired) electrons. The molecule has 1 aliphatic rings. The van der Waals surface area contributed by atoms with Gasteiger partial charge in [0.1, 0.15) is 5.82 Å². The van der Waals surface area contributed by atoms with Crippen LogP contribution in [0.2, 0.25) is 0 Å². The Morgan fingerprint density at radius 1 is 1.04 bits per heavy atom. The Hall–Kier alpha value is -2.88. The number of aromatic nitrogens is 2. The molecule has 1 amide bonds. The zero-order valence-electron chi connectivity index (χ0n) is 15.7. The van der Waals surface area contributed by atoms with Gasteiger partial charge < -0.3 is 9.47 Å². The number of nitrogens with zero attached hydrogens (tertiary/aromatic N) is 3. The van der Waals surface area contributed by atoms with Gasteiger partial charge in [-0.2, -0.15) is 0 Å². The lowest BCUT2D eigenvalue weighted by atomic mass is 9.95. The summed E-state index contributed by atoms with van der Waals surface area (Å²) in [6, 6.07) is 18.3. The van der Waals surface area contributed by atoms with Crippen molar-refractivity contribution in [3.63, 3.8) is 0 Å². The minimum absolute atomic E-state index is 0.140. The van der Waals surface area contributed by atoms with Gasteiger partial charge in [0.25, 0.3) is 5.91 Å². The minimum Gasteiger partial charge on any atom is -0.339 e. The second kappa shape index (κ2) is 7.78. The average molecular weight is 359 g/mol. The third-order valence-corrected chi connectivity index (χ3v) is 5.39. The van der Waals surface area contributed by atoms with Gasteiger partial charge >= 0.3 is 0 Å². The van der Waals surface area contributed by atoms with Gasteiger partial charge in [0, 0.05) is 43.5 Å². The number of rotatable bonds is 4. The van der Waals surface area contributed by atoms with Crippen LogP contribution >= 0.6 is 0 Å². The van der Waals surface area contributed by atoms with Crippen molar-refractivity contribution in [2.45, 2.75) is 32.2 Å². The van der Waals surface area contributed by atoms with Crippen molar-refractivity contribution in [3.8, 4) is 0 Å². The first kappa shape index (κ1) is 17.5. The van der Waals surface area contributed by atoms with Crippen molar-refractivity contribution in [1.29, 1.82) is 0 Å². The molecular weight excluding hydrogens is 334 g/mol. The first-order chi connectivity index (χ1) is 13.2. The van der Waals surface area contributed by atoms with Crippen LogP contribution in [0.25, 0.3) is 0 Å². The Bertz CT molecular complexity index is 891. The van der Waals surface area contributed by atoms with E-state index in [2.05, 4.69) is 40.0 Å². The van der Waals surface area contributed by atoms with Crippen LogP contribution < -0.4 is 0 Å². The molecule has 27 heavy (non-hydrogen) atoms. The van der Waals surface area contributed by atoms with Crippen molar-refractivity contribution >= 4 is 5.91 Å². The first-order valence-electron chi connectivity index (χ1n) is 9.61. The summed E-state index contributed by atoms with van der Waals surface area (Å²) in [6.07, 6.45) is 5.88. The van der Waals surface area contributed by atoms with Crippen molar-refractivity contribution in [2.75, 3.05) is 13.1 Å². The number of carbonyl (C=O) groups is 1. The summed E-state index contributed by atoms with van der Waals surface area (Å²) in [5.41, 5.74) is 3.24. The van der Waals surface area contributed by atoms with Crippen LogP contribution in [-0.4, -0.2) is 33.4 Å². The van der Waals surface area contributed by atoms with E-state index in [0.29, 0.717) is 5.92 Å². The number of carbonyl (C=O) groups excluding carboxylic acids is 1. The van der Waals surface area contributed by atoms with E-state index in [1.54, 1.807) is 0 Å². The Morgan fingerprint density at radius 3 is 2.44 bits per heavy atom. The second-order valence-electron chi connectivity index (χ2n) is 7.33. The summed E-state index contributed by atoms with van der Waals surface area (Å²) in [5, 5.41) is 0. The number of likely N-dealkylation sites (tertiary alicyclic amines) is 1. The molecule has 2 aromatic carbocycles. The number of hydrogen-bond acceptors (Lipinski definition) is 2. The molecule has 3 aromatic rings. The number of hydrogen-bond donors (Lipinski definition) is 0. The van der Waals surface area contributed by atoms with Gasteiger partial charge in [-0.05, 0) is 37.5 Å². The second-order valence-corrected chi connectivity index (χ2v) is 7.33. The number of piperidine rings is 1. The van der Waals surface area contributed by atoms with Crippen LogP contribution in [0.15, 0.2) is 67.0 Å². The SMILES string of the molecule is Cc1ccc(C(=O)N2CCC(c3nccn3Cc3ccccc3)CC2)cc1. The maximum Gasteiger partial charge on any atom is 0.253 e. The fourth-order valence-electron chi connectivity index (χ4n) is 3.81. The summed E-state index contributed by atoms with van der Waals surface area (Å²) in [5.74, 6) is 1.69. The molecule has 1 saturated heterocycles. The average Bonchev–Trinajstić information content (AvgIpc) is 3.17. The van der Waals surface area contributed by atoms with Crippen LogP contribution in [0, 0.1) is 6.92 Å². The molecule has 4 rings (SSSR count). The number of amides is 1. The van der Waals surface area contributed by atoms with E-state index >= 15 is 0 Å². The quantitative estimate of drug-likeness (QED) is 0.698. The Morgan fingerprint density at radius 2 is 1.74 bits per heavy atom. The number of imidazole rings is 1. The molecule has 0 N–H and O–H groups in total. The molecule has 1 aromatic heterocycles. The van der Waals surface area contributed by atoms with Gasteiger partial charge in [-0.25, -0.2) is 4.98 Å². The maximum absolute atomic E-state index is 12.7. The van der Waals surface area contributed by atoms with Crippen LogP contribution in [0.1, 0.15) is 46.1 Å². The molecule has 0 spiro atoms. The summed E-state index contributed by atoms with van der Waals surface area (Å²) >= 11 is 0. The van der Waals surface area contributed by atoms with E-state index in [4.69, 9.17) is 0 Å². The monoisotopic (exact) mass is 359 g/mol. The van der Waals surface area contributed by atoms with Crippen LogP contribution in [0.3, 0.4) is 0 Å². The van der Waals surface area contributed by atoms with E-state index < -0.39 is 0 Å². The van der Waals surface area contributed by atoms with Crippen LogP contribution in [0.5, 0.6) is 0 Å². The summed E-state index contributed by atoms with van der Waals surface area (Å²) in [7, 11) is 0. The Labute approximate surface area is 160 Å². The zero-order chi connectivity index (χ0) is 18.6. The van der Waals surface area contributed by atoms with E-state index in [1.165, 1.54) is 11.1 Å². The van der Waals surface area contributed by atoms with Crippen molar-refractivity contribution in [3.05, 3.63) is 89.5 Å². The lowest BCUT2D eigenvalue weighted by Gasteiger charge is -2.32. The van der Waals surface area contributed by atoms with Gasteiger partial charge in [-0.1, -0.05) is 48.0 Å². The summed E-state index contributed by atoms with van der Waals surface area (Å²) in [6.45, 7) is 4.46. The molecule has 1 fully saturated rings. The van der Waals surface area contributed by atoms with E-state index in [1.807, 2.05) is 48.4 Å². The van der Waals surface area contributed by atoms with Crippen LogP contribution in [0.4, 0.5) is 0 Å². The van der Waals surface area contributed by atoms with E-state index in [-0.39, 0.29) is 5.91 Å². The molecule has 4 nitrogen and oxygen atoms in total. The van der Waals surface area contributed by atoms with E-state index in [0.717, 1.165) is 43.9 Å². The first-order valence-corrected chi connectivity index (χ1v) is 9.61. The highest BCUT2D eigenvalue weighted by Crippen LogP contribution is 2.28. The fourth-order valence-corrected chi connectivity index (χ4v) is 3.81. The van der Waals surface area contributed by atoms with Gasteiger partial charge in [0.15, 0.2) is 0 Å². The molecule has 138 valence electrons. The normalized spacial score (nSPS) is 15.1. The standard InChI is InChI=1S/C23H25N3O/c1-18-7-9-21(10-8-18)23(27)25-14-11-20(12-15-25)22-24-13-16-26(22)17-19-5-3-2-4-6-19/h2-10,13,16,20H,11-12,14-15,17H2,1H3. The molecule has 2 heterocycles. The largest absolute Gasteiger partial charge is 0.339 e. The molecule has 1 aliphatic heterocycles. The lowest BCUT2D eigenvalue weighted by Crippen LogP contribution is -2.38. The lowest BCUT2D eigenvalue weighted by molar-refractivity contribution is 0.0710. The predicted octanol–water partition coefficient (Wildman–Crippen LogP) is 4.26. The van der Waals surface area contributed by atoms with Crippen molar-refractivity contribution in [2.24, 2.45) is 0 Å². The molecule has 0 unspecified atom stereocenters. The predicted molar refractivity (Wildman–Crippen MR) is 107 cm³/mol. The highest BCUT2D eigenvalue weighted by Gasteiger charge is 2.26. The Balaban J connectivity index is 1.40. The topological polar surface area (TPSA) is 38.1 Å².